The fourth-order valence-corrected chi connectivity index (χ4v) is 3.39. The molecule has 0 radical (unpaired) electrons. The van der Waals surface area contributed by atoms with Crippen LogP contribution >= 0.6 is 35.0 Å². The van der Waals surface area contributed by atoms with E-state index >= 15 is 0 Å². The molecule has 1 heterocycles. The molecule has 144 valence electrons. The average molecular weight is 433 g/mol. The second-order valence-corrected chi connectivity index (χ2v) is 7.37. The number of carbonyl (C=O) groups excluding carboxylic acids is 3. The first-order valence-corrected chi connectivity index (χ1v) is 9.29. The third kappa shape index (κ3) is 5.00. The third-order valence-corrected chi connectivity index (χ3v) is 5.16. The fourth-order valence-electron chi connectivity index (χ4n) is 2.06. The Balaban J connectivity index is 2.25. The Morgan fingerprint density at radius 2 is 2.04 bits per heavy atom. The number of carbonyl (C=O) groups is 3. The van der Waals surface area contributed by atoms with Crippen molar-refractivity contribution in [3.63, 3.8) is 0 Å². The molecule has 0 aromatic heterocycles. The minimum Gasteiger partial charge on any atom is -0.461 e. The molecule has 11 heteroatoms. The van der Waals surface area contributed by atoms with Crippen LogP contribution in [0.4, 0.5) is 10.5 Å². The number of nitrogens with zero attached hydrogens (tertiary/aromatic N) is 2. The van der Waals surface area contributed by atoms with Gasteiger partial charge in [0.2, 0.25) is 0 Å². The Hall–Kier alpha value is -2.10. The average Bonchev–Trinajstić information content (AvgIpc) is 2.84. The Kier molecular flexibility index (Phi) is 6.85. The molecule has 0 N–H and O–H groups in total. The van der Waals surface area contributed by atoms with E-state index < -0.39 is 28.6 Å². The molecule has 2 amide bonds. The summed E-state index contributed by atoms with van der Waals surface area (Å²) in [5.41, 5.74) is -0.232. The number of hydrogen-bond acceptors (Lipinski definition) is 7. The fraction of sp³-hybridized carbons (Fsp3) is 0.312. The molecule has 1 fully saturated rings. The molecule has 1 aromatic rings. The number of benzene rings is 1. The highest BCUT2D eigenvalue weighted by atomic mass is 35.5. The number of thioether (sulfide) groups is 1. The van der Waals surface area contributed by atoms with Gasteiger partial charge in [0, 0.05) is 16.7 Å². The van der Waals surface area contributed by atoms with E-state index in [9.17, 15) is 24.5 Å². The number of halogens is 2. The molecule has 0 bridgehead atoms. The van der Waals surface area contributed by atoms with E-state index in [4.69, 9.17) is 27.9 Å². The number of esters is 1. The summed E-state index contributed by atoms with van der Waals surface area (Å²) >= 11 is 12.4. The van der Waals surface area contributed by atoms with Gasteiger partial charge in [-0.25, -0.2) is 0 Å². The van der Waals surface area contributed by atoms with Gasteiger partial charge in [-0.15, -0.1) is 0 Å². The van der Waals surface area contributed by atoms with Gasteiger partial charge in [-0.05, 0) is 37.2 Å². The first kappa shape index (κ1) is 21.2. The van der Waals surface area contributed by atoms with Crippen LogP contribution in [0, 0.1) is 10.1 Å². The SMILES string of the molecule is CC[C@H](C)OC(=O)CN1C(=O)S/C(=C\c2cc([N+](=O)[O-])c(Cl)cc2Cl)C1=O. The van der Waals surface area contributed by atoms with Crippen molar-refractivity contribution in [3.8, 4) is 0 Å². The van der Waals surface area contributed by atoms with E-state index in [1.54, 1.807) is 6.92 Å². The monoisotopic (exact) mass is 432 g/mol. The van der Waals surface area contributed by atoms with Crippen molar-refractivity contribution in [3.05, 3.63) is 42.8 Å². The van der Waals surface area contributed by atoms with E-state index in [-0.39, 0.29) is 32.3 Å². The predicted octanol–water partition coefficient (Wildman–Crippen LogP) is 4.28. The van der Waals surface area contributed by atoms with Crippen LogP contribution in [0.15, 0.2) is 17.0 Å². The van der Waals surface area contributed by atoms with E-state index in [0.29, 0.717) is 18.2 Å². The zero-order chi connectivity index (χ0) is 20.3. The van der Waals surface area contributed by atoms with Gasteiger partial charge in [0.1, 0.15) is 11.6 Å². The summed E-state index contributed by atoms with van der Waals surface area (Å²) in [6.07, 6.45) is 1.51. The molecular formula is C16H14Cl2N2O6S. The number of nitro benzene ring substituents is 1. The molecule has 8 nitrogen and oxygen atoms in total. The minimum atomic E-state index is -0.709. The molecule has 0 spiro atoms. The molecule has 1 aliphatic heterocycles. The lowest BCUT2D eigenvalue weighted by atomic mass is 10.2. The van der Waals surface area contributed by atoms with Gasteiger partial charge in [-0.1, -0.05) is 30.1 Å². The van der Waals surface area contributed by atoms with Crippen molar-refractivity contribution >= 4 is 63.8 Å². The van der Waals surface area contributed by atoms with Crippen LogP contribution in [0.1, 0.15) is 25.8 Å². The zero-order valence-electron chi connectivity index (χ0n) is 14.2. The van der Waals surface area contributed by atoms with E-state index in [0.717, 1.165) is 11.0 Å². The van der Waals surface area contributed by atoms with Crippen molar-refractivity contribution in [2.45, 2.75) is 26.4 Å². The van der Waals surface area contributed by atoms with Crippen molar-refractivity contribution in [1.29, 1.82) is 0 Å². The van der Waals surface area contributed by atoms with Gasteiger partial charge in [-0.3, -0.25) is 29.4 Å². The second kappa shape index (κ2) is 8.73. The Labute approximate surface area is 168 Å². The highest BCUT2D eigenvalue weighted by molar-refractivity contribution is 8.18. The molecule has 1 saturated heterocycles. The van der Waals surface area contributed by atoms with Crippen LogP contribution in [0.5, 0.6) is 0 Å². The van der Waals surface area contributed by atoms with E-state index in [1.165, 1.54) is 12.1 Å². The lowest BCUT2D eigenvalue weighted by Gasteiger charge is -2.14. The zero-order valence-corrected chi connectivity index (χ0v) is 16.6. The Bertz CT molecular complexity index is 858. The molecule has 1 atom stereocenters. The summed E-state index contributed by atoms with van der Waals surface area (Å²) in [6.45, 7) is 3.01. The lowest BCUT2D eigenvalue weighted by molar-refractivity contribution is -0.384. The summed E-state index contributed by atoms with van der Waals surface area (Å²) in [4.78, 5) is 47.3. The van der Waals surface area contributed by atoms with Gasteiger partial charge >= 0.3 is 5.97 Å². The van der Waals surface area contributed by atoms with Crippen LogP contribution < -0.4 is 0 Å². The molecular weight excluding hydrogens is 419 g/mol. The van der Waals surface area contributed by atoms with Crippen LogP contribution in [-0.2, 0) is 14.3 Å². The van der Waals surface area contributed by atoms with Crippen molar-refractivity contribution in [1.82, 2.24) is 4.90 Å². The number of rotatable bonds is 6. The van der Waals surface area contributed by atoms with Crippen molar-refractivity contribution in [2.24, 2.45) is 0 Å². The molecule has 2 rings (SSSR count). The standard InChI is InChI=1S/C16H14Cl2N2O6S/c1-3-8(2)26-14(21)7-19-15(22)13(27-16(19)23)5-9-4-12(20(24)25)11(18)6-10(9)17/h4-6,8H,3,7H2,1-2H3/b13-5-/t8-/m0/s1. The second-order valence-electron chi connectivity index (χ2n) is 5.56. The van der Waals surface area contributed by atoms with Crippen LogP contribution in [0.2, 0.25) is 10.0 Å². The van der Waals surface area contributed by atoms with Gasteiger partial charge < -0.3 is 4.74 Å². The summed E-state index contributed by atoms with van der Waals surface area (Å²) in [5, 5.41) is 10.3. The predicted molar refractivity (Wildman–Crippen MR) is 102 cm³/mol. The summed E-state index contributed by atoms with van der Waals surface area (Å²) in [7, 11) is 0. The maximum absolute atomic E-state index is 12.4. The quantitative estimate of drug-likeness (QED) is 0.285. The van der Waals surface area contributed by atoms with E-state index in [2.05, 4.69) is 0 Å². The molecule has 0 unspecified atom stereocenters. The van der Waals surface area contributed by atoms with Crippen LogP contribution in [0.25, 0.3) is 6.08 Å². The maximum atomic E-state index is 12.4. The van der Waals surface area contributed by atoms with Gasteiger partial charge in [0.05, 0.1) is 15.9 Å². The molecule has 1 aliphatic rings. The van der Waals surface area contributed by atoms with Crippen molar-refractivity contribution < 1.29 is 24.0 Å². The first-order chi connectivity index (χ1) is 12.6. The largest absolute Gasteiger partial charge is 0.461 e. The van der Waals surface area contributed by atoms with Crippen molar-refractivity contribution in [2.75, 3.05) is 6.54 Å². The van der Waals surface area contributed by atoms with Crippen LogP contribution in [0.3, 0.4) is 0 Å². The maximum Gasteiger partial charge on any atom is 0.326 e. The molecule has 1 aromatic carbocycles. The summed E-state index contributed by atoms with van der Waals surface area (Å²) in [6, 6.07) is 2.29. The number of ether oxygens (including phenoxy) is 1. The molecule has 0 saturated carbocycles. The summed E-state index contributed by atoms with van der Waals surface area (Å²) in [5.74, 6) is -1.41. The number of imide groups is 1. The molecule has 0 aliphatic carbocycles. The lowest BCUT2D eigenvalue weighted by Crippen LogP contribution is -2.35. The Morgan fingerprint density at radius 3 is 2.63 bits per heavy atom. The topological polar surface area (TPSA) is 107 Å². The smallest absolute Gasteiger partial charge is 0.326 e. The van der Waals surface area contributed by atoms with E-state index in [1.807, 2.05) is 6.92 Å². The highest BCUT2D eigenvalue weighted by Gasteiger charge is 2.37. The van der Waals surface area contributed by atoms with Gasteiger partial charge in [-0.2, -0.15) is 0 Å². The number of nitro groups is 1. The normalized spacial score (nSPS) is 16.7. The Morgan fingerprint density at radius 1 is 1.37 bits per heavy atom. The van der Waals surface area contributed by atoms with Gasteiger partial charge in [0.25, 0.3) is 16.8 Å². The number of amides is 2. The summed E-state index contributed by atoms with van der Waals surface area (Å²) < 4.78 is 5.06. The molecule has 27 heavy (non-hydrogen) atoms. The van der Waals surface area contributed by atoms with Gasteiger partial charge in [0.15, 0.2) is 0 Å². The third-order valence-electron chi connectivity index (χ3n) is 3.62. The minimum absolute atomic E-state index is 0.0186. The first-order valence-electron chi connectivity index (χ1n) is 7.72. The number of hydrogen-bond donors (Lipinski definition) is 0. The van der Waals surface area contributed by atoms with Crippen LogP contribution in [-0.4, -0.2) is 39.6 Å². The highest BCUT2D eigenvalue weighted by Crippen LogP contribution is 2.36.